The Morgan fingerprint density at radius 3 is 2.58 bits per heavy atom. The Morgan fingerprint density at radius 1 is 1.00 bits per heavy atom. The van der Waals surface area contributed by atoms with Gasteiger partial charge in [0.2, 0.25) is 0 Å². The van der Waals surface area contributed by atoms with Crippen LogP contribution in [0.1, 0.15) is 0 Å². The summed E-state index contributed by atoms with van der Waals surface area (Å²) in [5.41, 5.74) is 7.39. The third-order valence-electron chi connectivity index (χ3n) is 2.83. The van der Waals surface area contributed by atoms with Crippen LogP contribution in [0.5, 0.6) is 11.5 Å². The zero-order valence-corrected chi connectivity index (χ0v) is 10.0. The number of ether oxygens (including phenoxy) is 1. The number of hydrogen-bond donors (Lipinski definition) is 1. The summed E-state index contributed by atoms with van der Waals surface area (Å²) in [5.74, 6) is 0.770. The predicted molar refractivity (Wildman–Crippen MR) is 72.6 cm³/mol. The van der Waals surface area contributed by atoms with Gasteiger partial charge in [-0.05, 0) is 48.5 Å². The van der Waals surface area contributed by atoms with Gasteiger partial charge >= 0.3 is 0 Å². The van der Waals surface area contributed by atoms with Gasteiger partial charge in [-0.2, -0.15) is 0 Å². The molecule has 0 bridgehead atoms. The summed E-state index contributed by atoms with van der Waals surface area (Å²) in [6.07, 6.45) is 1.71. The lowest BCUT2D eigenvalue weighted by Crippen LogP contribution is -1.94. The first-order valence-electron chi connectivity index (χ1n) is 5.81. The topological polar surface area (TPSA) is 48.1 Å². The smallest absolute Gasteiger partial charge is 0.151 e. The second kappa shape index (κ2) is 4.57. The van der Waals surface area contributed by atoms with Crippen molar-refractivity contribution in [2.75, 3.05) is 5.73 Å². The van der Waals surface area contributed by atoms with E-state index in [0.717, 1.165) is 10.9 Å². The zero-order chi connectivity index (χ0) is 13.2. The lowest BCUT2D eigenvalue weighted by molar-refractivity contribution is 0.483. The summed E-state index contributed by atoms with van der Waals surface area (Å²) in [5, 5.41) is 0.835. The van der Waals surface area contributed by atoms with Gasteiger partial charge in [0.05, 0.1) is 11.2 Å². The summed E-state index contributed by atoms with van der Waals surface area (Å²) < 4.78 is 18.5. The van der Waals surface area contributed by atoms with E-state index in [4.69, 9.17) is 10.5 Å². The van der Waals surface area contributed by atoms with Gasteiger partial charge in [0.1, 0.15) is 11.6 Å². The minimum absolute atomic E-state index is 0.303. The predicted octanol–water partition coefficient (Wildman–Crippen LogP) is 3.75. The van der Waals surface area contributed by atoms with Gasteiger partial charge in [-0.15, -0.1) is 0 Å². The number of aromatic nitrogens is 1. The Balaban J connectivity index is 2.01. The van der Waals surface area contributed by atoms with Gasteiger partial charge in [-0.3, -0.25) is 4.98 Å². The number of nitrogens with zero attached hydrogens (tertiary/aromatic N) is 1. The molecule has 0 aliphatic carbocycles. The first kappa shape index (κ1) is 11.5. The van der Waals surface area contributed by atoms with Crippen LogP contribution in [0.15, 0.2) is 54.7 Å². The van der Waals surface area contributed by atoms with Crippen LogP contribution in [0.4, 0.5) is 10.1 Å². The molecule has 3 nitrogen and oxygen atoms in total. The van der Waals surface area contributed by atoms with Gasteiger partial charge in [-0.1, -0.05) is 0 Å². The fourth-order valence-corrected chi connectivity index (χ4v) is 1.87. The zero-order valence-electron chi connectivity index (χ0n) is 10.0. The summed E-state index contributed by atoms with van der Waals surface area (Å²) in [6, 6.07) is 13.1. The molecular formula is C15H11FN2O. The summed E-state index contributed by atoms with van der Waals surface area (Å²) in [6.45, 7) is 0. The number of benzene rings is 2. The molecule has 3 rings (SSSR count). The molecule has 2 N–H and O–H groups in total. The van der Waals surface area contributed by atoms with Gasteiger partial charge in [-0.25, -0.2) is 4.39 Å². The maximum absolute atomic E-state index is 12.8. The van der Waals surface area contributed by atoms with E-state index in [0.29, 0.717) is 17.2 Å². The van der Waals surface area contributed by atoms with Crippen LogP contribution in [0.2, 0.25) is 0 Å². The minimum Gasteiger partial charge on any atom is -0.455 e. The Labute approximate surface area is 109 Å². The van der Waals surface area contributed by atoms with Crippen molar-refractivity contribution in [2.45, 2.75) is 0 Å². The van der Waals surface area contributed by atoms with Crippen molar-refractivity contribution in [3.8, 4) is 11.5 Å². The number of rotatable bonds is 2. The minimum atomic E-state index is -0.303. The quantitative estimate of drug-likeness (QED) is 0.708. The molecule has 19 heavy (non-hydrogen) atoms. The highest BCUT2D eigenvalue weighted by atomic mass is 19.1. The maximum atomic E-state index is 12.8. The van der Waals surface area contributed by atoms with E-state index in [9.17, 15) is 4.39 Å². The largest absolute Gasteiger partial charge is 0.455 e. The third kappa shape index (κ3) is 2.20. The highest BCUT2D eigenvalue weighted by molar-refractivity contribution is 5.93. The number of pyridine rings is 1. The van der Waals surface area contributed by atoms with Gasteiger partial charge < -0.3 is 10.5 Å². The van der Waals surface area contributed by atoms with E-state index in [1.54, 1.807) is 24.4 Å². The third-order valence-corrected chi connectivity index (χ3v) is 2.83. The van der Waals surface area contributed by atoms with E-state index in [1.165, 1.54) is 12.1 Å². The Bertz CT molecular complexity index is 726. The molecule has 1 aromatic heterocycles. The monoisotopic (exact) mass is 254 g/mol. The molecule has 0 saturated heterocycles. The molecule has 0 aliphatic rings. The van der Waals surface area contributed by atoms with E-state index < -0.39 is 0 Å². The van der Waals surface area contributed by atoms with Crippen molar-refractivity contribution in [2.24, 2.45) is 0 Å². The summed E-state index contributed by atoms with van der Waals surface area (Å²) >= 11 is 0. The van der Waals surface area contributed by atoms with E-state index in [-0.39, 0.29) is 5.82 Å². The van der Waals surface area contributed by atoms with E-state index in [2.05, 4.69) is 4.98 Å². The van der Waals surface area contributed by atoms with Crippen LogP contribution < -0.4 is 10.5 Å². The van der Waals surface area contributed by atoms with Crippen LogP contribution in [0.3, 0.4) is 0 Å². The van der Waals surface area contributed by atoms with Crippen LogP contribution in [0.25, 0.3) is 10.9 Å². The van der Waals surface area contributed by atoms with Gasteiger partial charge in [0.25, 0.3) is 0 Å². The molecule has 0 spiro atoms. The highest BCUT2D eigenvalue weighted by Crippen LogP contribution is 2.32. The molecule has 3 aromatic rings. The molecule has 94 valence electrons. The molecule has 0 saturated carbocycles. The first-order chi connectivity index (χ1) is 9.24. The Hall–Kier alpha value is -2.62. The summed E-state index contributed by atoms with van der Waals surface area (Å²) in [7, 11) is 0. The normalized spacial score (nSPS) is 10.6. The number of nitrogen functional groups attached to an aromatic ring is 1. The molecule has 0 aliphatic heterocycles. The van der Waals surface area contributed by atoms with Crippen LogP contribution in [0, 0.1) is 5.82 Å². The van der Waals surface area contributed by atoms with Crippen molar-refractivity contribution < 1.29 is 9.13 Å². The van der Waals surface area contributed by atoms with Crippen LogP contribution >= 0.6 is 0 Å². The molecule has 0 fully saturated rings. The number of halogens is 1. The summed E-state index contributed by atoms with van der Waals surface area (Å²) in [4.78, 5) is 4.22. The van der Waals surface area contributed by atoms with Crippen molar-refractivity contribution >= 4 is 16.6 Å². The molecule has 0 unspecified atom stereocenters. The van der Waals surface area contributed by atoms with Crippen molar-refractivity contribution in [3.05, 3.63) is 60.5 Å². The van der Waals surface area contributed by atoms with E-state index in [1.807, 2.05) is 18.2 Å². The second-order valence-corrected chi connectivity index (χ2v) is 4.10. The number of anilines is 1. The Kier molecular flexibility index (Phi) is 2.76. The molecule has 0 amide bonds. The van der Waals surface area contributed by atoms with Crippen molar-refractivity contribution in [1.82, 2.24) is 4.98 Å². The second-order valence-electron chi connectivity index (χ2n) is 4.10. The molecule has 0 atom stereocenters. The highest BCUT2D eigenvalue weighted by Gasteiger charge is 2.07. The van der Waals surface area contributed by atoms with Crippen LogP contribution in [-0.4, -0.2) is 4.98 Å². The molecule has 0 radical (unpaired) electrons. The maximum Gasteiger partial charge on any atom is 0.151 e. The number of fused-ring (bicyclic) bond motifs is 1. The van der Waals surface area contributed by atoms with Crippen molar-refractivity contribution in [1.29, 1.82) is 0 Å². The fraction of sp³-hybridized carbons (Fsp3) is 0. The molecule has 2 aromatic carbocycles. The molecule has 4 heteroatoms. The van der Waals surface area contributed by atoms with Gasteiger partial charge in [0.15, 0.2) is 5.75 Å². The lowest BCUT2D eigenvalue weighted by Gasteiger charge is -2.10. The number of nitrogens with two attached hydrogens (primary N) is 1. The molecule has 1 heterocycles. The number of hydrogen-bond acceptors (Lipinski definition) is 3. The van der Waals surface area contributed by atoms with Gasteiger partial charge in [0, 0.05) is 11.6 Å². The SMILES string of the molecule is Nc1c(Oc2ccc(F)cc2)ccc2ncccc12. The first-order valence-corrected chi connectivity index (χ1v) is 5.81. The average molecular weight is 254 g/mol. The molecular weight excluding hydrogens is 243 g/mol. The Morgan fingerprint density at radius 2 is 1.79 bits per heavy atom. The standard InChI is InChI=1S/C15H11FN2O/c16-10-3-5-11(6-4-10)19-14-8-7-13-12(15(14)17)2-1-9-18-13/h1-9H,17H2. The fourth-order valence-electron chi connectivity index (χ4n) is 1.87. The lowest BCUT2D eigenvalue weighted by atomic mass is 10.1. The average Bonchev–Trinajstić information content (AvgIpc) is 2.45. The van der Waals surface area contributed by atoms with Crippen molar-refractivity contribution in [3.63, 3.8) is 0 Å². The van der Waals surface area contributed by atoms with Crippen LogP contribution in [-0.2, 0) is 0 Å². The van der Waals surface area contributed by atoms with E-state index >= 15 is 0 Å².